The van der Waals surface area contributed by atoms with Crippen LogP contribution in [0.4, 0.5) is 5.69 Å². The van der Waals surface area contributed by atoms with Crippen LogP contribution in [0.15, 0.2) is 38.6 Å². The highest BCUT2D eigenvalue weighted by Gasteiger charge is 2.13. The Morgan fingerprint density at radius 1 is 1.24 bits per heavy atom. The highest BCUT2D eigenvalue weighted by atomic mass is 79.9. The van der Waals surface area contributed by atoms with Crippen LogP contribution in [0.3, 0.4) is 0 Å². The van der Waals surface area contributed by atoms with Crippen LogP contribution in [-0.4, -0.2) is 18.5 Å². The molecule has 1 N–H and O–H groups in total. The number of thiophene rings is 1. The molecule has 0 fully saturated rings. The summed E-state index contributed by atoms with van der Waals surface area (Å²) in [5, 5.41) is 2.68. The minimum atomic E-state index is -0.510. The fourth-order valence-corrected chi connectivity index (χ4v) is 3.41. The van der Waals surface area contributed by atoms with E-state index in [0.717, 1.165) is 13.8 Å². The number of hydrogen-bond acceptors (Lipinski definition) is 4. The molecule has 0 spiro atoms. The van der Waals surface area contributed by atoms with E-state index in [0.29, 0.717) is 10.6 Å². The molecule has 2 rings (SSSR count). The highest BCUT2D eigenvalue weighted by molar-refractivity contribution is 9.11. The van der Waals surface area contributed by atoms with E-state index in [-0.39, 0.29) is 12.5 Å². The van der Waals surface area contributed by atoms with Gasteiger partial charge in [-0.25, -0.2) is 4.79 Å². The number of esters is 1. The molecule has 0 saturated carbocycles. The Hall–Kier alpha value is -1.18. The van der Waals surface area contributed by atoms with Crippen molar-refractivity contribution in [2.24, 2.45) is 0 Å². The van der Waals surface area contributed by atoms with Gasteiger partial charge in [0.25, 0.3) is 5.91 Å². The maximum absolute atomic E-state index is 11.8. The van der Waals surface area contributed by atoms with Gasteiger partial charge in [-0.15, -0.1) is 11.3 Å². The Bertz CT molecular complexity index is 685. The Kier molecular flexibility index (Phi) is 5.55. The van der Waals surface area contributed by atoms with Crippen LogP contribution in [0.25, 0.3) is 0 Å². The first-order valence-electron chi connectivity index (χ1n) is 5.94. The maximum atomic E-state index is 11.8. The molecular formula is C14H11Br2NO3S. The number of halogens is 2. The third-order valence-electron chi connectivity index (χ3n) is 2.51. The minimum absolute atomic E-state index is 0.325. The quantitative estimate of drug-likeness (QED) is 0.729. The molecule has 7 heteroatoms. The molecule has 21 heavy (non-hydrogen) atoms. The second-order valence-electron chi connectivity index (χ2n) is 4.21. The van der Waals surface area contributed by atoms with E-state index in [1.165, 1.54) is 11.3 Å². The van der Waals surface area contributed by atoms with E-state index in [9.17, 15) is 9.59 Å². The fourth-order valence-electron chi connectivity index (χ4n) is 1.53. The highest BCUT2D eigenvalue weighted by Crippen LogP contribution is 2.24. The van der Waals surface area contributed by atoms with E-state index >= 15 is 0 Å². The first kappa shape index (κ1) is 16.2. The molecule has 0 aliphatic rings. The van der Waals surface area contributed by atoms with Crippen molar-refractivity contribution in [1.29, 1.82) is 0 Å². The summed E-state index contributed by atoms with van der Waals surface area (Å²) in [6, 6.07) is 8.96. The molecule has 0 unspecified atom stereocenters. The molecule has 0 atom stereocenters. The normalized spacial score (nSPS) is 10.2. The molecule has 110 valence electrons. The number of ether oxygens (including phenoxy) is 1. The first-order chi connectivity index (χ1) is 9.95. The van der Waals surface area contributed by atoms with Gasteiger partial charge in [0.15, 0.2) is 6.61 Å². The van der Waals surface area contributed by atoms with Crippen LogP contribution < -0.4 is 5.32 Å². The molecule has 1 aromatic carbocycles. The Morgan fingerprint density at radius 2 is 2.00 bits per heavy atom. The average molecular weight is 433 g/mol. The summed E-state index contributed by atoms with van der Waals surface area (Å²) in [6.45, 7) is 1.63. The number of rotatable bonds is 4. The Morgan fingerprint density at radius 3 is 2.62 bits per heavy atom. The number of hydrogen-bond donors (Lipinski definition) is 1. The van der Waals surface area contributed by atoms with Crippen LogP contribution in [0.5, 0.6) is 0 Å². The van der Waals surface area contributed by atoms with Crippen LogP contribution in [-0.2, 0) is 9.53 Å². The summed E-state index contributed by atoms with van der Waals surface area (Å²) in [5.41, 5.74) is 1.72. The van der Waals surface area contributed by atoms with Gasteiger partial charge in [-0.2, -0.15) is 0 Å². The van der Waals surface area contributed by atoms with Crippen molar-refractivity contribution in [2.45, 2.75) is 6.92 Å². The second kappa shape index (κ2) is 7.20. The van der Waals surface area contributed by atoms with E-state index in [2.05, 4.69) is 37.2 Å². The molecule has 0 radical (unpaired) electrons. The zero-order chi connectivity index (χ0) is 15.4. The number of anilines is 1. The first-order valence-corrected chi connectivity index (χ1v) is 8.34. The molecular weight excluding hydrogens is 422 g/mol. The smallest absolute Gasteiger partial charge is 0.348 e. The van der Waals surface area contributed by atoms with Gasteiger partial charge in [0.05, 0.1) is 9.47 Å². The summed E-state index contributed by atoms with van der Waals surface area (Å²) in [5.74, 6) is -0.896. The minimum Gasteiger partial charge on any atom is -0.451 e. The van der Waals surface area contributed by atoms with Crippen molar-refractivity contribution >= 4 is 60.8 Å². The van der Waals surface area contributed by atoms with E-state index in [1.54, 1.807) is 18.2 Å². The van der Waals surface area contributed by atoms with Gasteiger partial charge in [0.2, 0.25) is 0 Å². The molecule has 1 aromatic heterocycles. The van der Waals surface area contributed by atoms with E-state index in [4.69, 9.17) is 4.74 Å². The SMILES string of the molecule is Cc1ccc(NC(=O)COC(=O)c2ccc(Br)s2)c(Br)c1. The zero-order valence-corrected chi connectivity index (χ0v) is 15.0. The Balaban J connectivity index is 1.89. The van der Waals surface area contributed by atoms with Gasteiger partial charge in [-0.1, -0.05) is 6.07 Å². The molecule has 4 nitrogen and oxygen atoms in total. The fraction of sp³-hybridized carbons (Fsp3) is 0.143. The van der Waals surface area contributed by atoms with E-state index in [1.807, 2.05) is 19.1 Å². The molecule has 1 amide bonds. The van der Waals surface area contributed by atoms with Gasteiger partial charge < -0.3 is 10.1 Å². The molecule has 0 saturated heterocycles. The lowest BCUT2D eigenvalue weighted by Gasteiger charge is -2.08. The summed E-state index contributed by atoms with van der Waals surface area (Å²) in [6.07, 6.45) is 0. The largest absolute Gasteiger partial charge is 0.451 e. The number of aryl methyl sites for hydroxylation is 1. The summed E-state index contributed by atoms with van der Waals surface area (Å²) in [4.78, 5) is 23.9. The molecule has 2 aromatic rings. The van der Waals surface area contributed by atoms with Crippen molar-refractivity contribution in [3.63, 3.8) is 0 Å². The third-order valence-corrected chi connectivity index (χ3v) is 4.77. The van der Waals surface area contributed by atoms with Gasteiger partial charge in [0.1, 0.15) is 4.88 Å². The topological polar surface area (TPSA) is 55.4 Å². The molecule has 0 aliphatic heterocycles. The van der Waals surface area contributed by atoms with Gasteiger partial charge in [-0.3, -0.25) is 4.79 Å². The molecule has 1 heterocycles. The van der Waals surface area contributed by atoms with Crippen molar-refractivity contribution in [3.8, 4) is 0 Å². The number of carbonyl (C=O) groups is 2. The summed E-state index contributed by atoms with van der Waals surface area (Å²) >= 11 is 7.89. The predicted molar refractivity (Wildman–Crippen MR) is 89.8 cm³/mol. The number of amides is 1. The van der Waals surface area contributed by atoms with Crippen LogP contribution in [0, 0.1) is 6.92 Å². The lowest BCUT2D eigenvalue weighted by atomic mass is 10.2. The van der Waals surface area contributed by atoms with Crippen LogP contribution in [0.2, 0.25) is 0 Å². The monoisotopic (exact) mass is 431 g/mol. The van der Waals surface area contributed by atoms with Crippen molar-refractivity contribution in [2.75, 3.05) is 11.9 Å². The van der Waals surface area contributed by atoms with Crippen LogP contribution in [0.1, 0.15) is 15.2 Å². The standard InChI is InChI=1S/C14H11Br2NO3S/c1-8-2-3-10(9(15)6-8)17-13(18)7-20-14(19)11-4-5-12(16)21-11/h2-6H,7H2,1H3,(H,17,18). The maximum Gasteiger partial charge on any atom is 0.348 e. The summed E-state index contributed by atoms with van der Waals surface area (Å²) in [7, 11) is 0. The lowest BCUT2D eigenvalue weighted by Crippen LogP contribution is -2.20. The van der Waals surface area contributed by atoms with Gasteiger partial charge >= 0.3 is 5.97 Å². The number of nitrogens with one attached hydrogen (secondary N) is 1. The Labute approximate surface area is 142 Å². The molecule has 0 aliphatic carbocycles. The van der Waals surface area contributed by atoms with Crippen molar-refractivity contribution in [3.05, 3.63) is 49.0 Å². The van der Waals surface area contributed by atoms with Gasteiger partial charge in [-0.05, 0) is 68.6 Å². The van der Waals surface area contributed by atoms with Crippen molar-refractivity contribution < 1.29 is 14.3 Å². The number of benzene rings is 1. The average Bonchev–Trinajstić information content (AvgIpc) is 2.86. The van der Waals surface area contributed by atoms with Crippen molar-refractivity contribution in [1.82, 2.24) is 0 Å². The predicted octanol–water partition coefficient (Wildman–Crippen LogP) is 4.38. The number of carbonyl (C=O) groups excluding carboxylic acids is 2. The molecule has 0 bridgehead atoms. The third kappa shape index (κ3) is 4.66. The lowest BCUT2D eigenvalue weighted by molar-refractivity contribution is -0.119. The van der Waals surface area contributed by atoms with E-state index < -0.39 is 5.97 Å². The zero-order valence-electron chi connectivity index (χ0n) is 11.0. The second-order valence-corrected chi connectivity index (χ2v) is 7.53. The van der Waals surface area contributed by atoms with Crippen LogP contribution >= 0.6 is 43.2 Å². The summed E-state index contributed by atoms with van der Waals surface area (Å²) < 4.78 is 6.58. The van der Waals surface area contributed by atoms with Gasteiger partial charge in [0, 0.05) is 4.47 Å².